The van der Waals surface area contributed by atoms with Gasteiger partial charge in [0.25, 0.3) is 0 Å². The molecule has 0 bridgehead atoms. The molecule has 0 aliphatic carbocycles. The summed E-state index contributed by atoms with van der Waals surface area (Å²) in [7, 11) is 1.23. The minimum atomic E-state index is -0.838. The van der Waals surface area contributed by atoms with E-state index in [1.807, 2.05) is 0 Å². The Morgan fingerprint density at radius 2 is 1.88 bits per heavy atom. The Hall–Kier alpha value is -2.04. The van der Waals surface area contributed by atoms with Crippen LogP contribution in [-0.2, 0) is 16.0 Å². The van der Waals surface area contributed by atoms with Crippen molar-refractivity contribution in [1.82, 2.24) is 0 Å². The van der Waals surface area contributed by atoms with Crippen molar-refractivity contribution in [2.75, 3.05) is 7.11 Å². The largest absolute Gasteiger partial charge is 0.513 e. The molecule has 0 amide bonds. The number of benzene rings is 1. The summed E-state index contributed by atoms with van der Waals surface area (Å²) < 4.78 is 9.09. The number of methoxy groups -OCH3 is 1. The van der Waals surface area contributed by atoms with Crippen molar-refractivity contribution in [2.24, 2.45) is 0 Å². The van der Waals surface area contributed by atoms with Gasteiger partial charge in [-0.1, -0.05) is 12.1 Å². The van der Waals surface area contributed by atoms with E-state index in [0.717, 1.165) is 5.56 Å². The molecule has 0 atom stereocenters. The van der Waals surface area contributed by atoms with Gasteiger partial charge in [0.2, 0.25) is 0 Å². The van der Waals surface area contributed by atoms with Gasteiger partial charge >= 0.3 is 12.1 Å². The second-order valence-electron chi connectivity index (χ2n) is 3.09. The molecule has 1 rings (SSSR count). The van der Waals surface area contributed by atoms with Crippen LogP contribution in [0.25, 0.3) is 0 Å². The third kappa shape index (κ3) is 4.00. The fourth-order valence-electron chi connectivity index (χ4n) is 1.11. The molecular formula is C11H12O5. The van der Waals surface area contributed by atoms with Crippen LogP contribution < -0.4 is 4.74 Å². The molecule has 1 N–H and O–H groups in total. The SMILES string of the molecule is COC(=O)Oc1ccc(CCC(=O)O)cc1. The molecule has 1 aromatic rings. The normalized spacial score (nSPS) is 9.56. The number of hydrogen-bond donors (Lipinski definition) is 1. The summed E-state index contributed by atoms with van der Waals surface area (Å²) in [6.07, 6.45) is -0.247. The lowest BCUT2D eigenvalue weighted by atomic mass is 10.1. The number of ether oxygens (including phenoxy) is 2. The summed E-state index contributed by atoms with van der Waals surface area (Å²) in [5.74, 6) is -0.471. The number of rotatable bonds is 4. The van der Waals surface area contributed by atoms with Crippen molar-refractivity contribution in [1.29, 1.82) is 0 Å². The van der Waals surface area contributed by atoms with Gasteiger partial charge in [0.1, 0.15) is 5.75 Å². The van der Waals surface area contributed by atoms with E-state index in [9.17, 15) is 9.59 Å². The lowest BCUT2D eigenvalue weighted by Gasteiger charge is -2.03. The average molecular weight is 224 g/mol. The molecule has 5 nitrogen and oxygen atoms in total. The zero-order valence-electron chi connectivity index (χ0n) is 8.80. The molecule has 0 aliphatic rings. The molecule has 0 saturated carbocycles. The van der Waals surface area contributed by atoms with Crippen molar-refractivity contribution in [3.05, 3.63) is 29.8 Å². The Labute approximate surface area is 92.6 Å². The molecule has 0 aromatic heterocycles. The quantitative estimate of drug-likeness (QED) is 0.624. The number of carbonyl (C=O) groups excluding carboxylic acids is 1. The lowest BCUT2D eigenvalue weighted by molar-refractivity contribution is -0.136. The minimum Gasteiger partial charge on any atom is -0.481 e. The highest BCUT2D eigenvalue weighted by Crippen LogP contribution is 2.13. The summed E-state index contributed by atoms with van der Waals surface area (Å²) in [6, 6.07) is 6.60. The number of carboxylic acids is 1. The molecule has 0 fully saturated rings. The van der Waals surface area contributed by atoms with Crippen LogP contribution in [0.2, 0.25) is 0 Å². The predicted octanol–water partition coefficient (Wildman–Crippen LogP) is 1.85. The zero-order valence-corrected chi connectivity index (χ0v) is 8.80. The summed E-state index contributed by atoms with van der Waals surface area (Å²) in [4.78, 5) is 21.1. The number of carbonyl (C=O) groups is 2. The van der Waals surface area contributed by atoms with E-state index < -0.39 is 12.1 Å². The second-order valence-corrected chi connectivity index (χ2v) is 3.09. The Balaban J connectivity index is 2.54. The summed E-state index contributed by atoms with van der Waals surface area (Å²) in [5.41, 5.74) is 0.875. The maximum Gasteiger partial charge on any atom is 0.513 e. The standard InChI is InChI=1S/C11H12O5/c1-15-11(14)16-9-5-2-8(3-6-9)4-7-10(12)13/h2-3,5-6H,4,7H2,1H3,(H,12,13). The molecule has 0 aliphatic heterocycles. The van der Waals surface area contributed by atoms with Crippen LogP contribution in [0.1, 0.15) is 12.0 Å². The van der Waals surface area contributed by atoms with Crippen molar-refractivity contribution in [3.63, 3.8) is 0 Å². The molecule has 0 radical (unpaired) electrons. The first-order valence-electron chi connectivity index (χ1n) is 4.68. The fraction of sp³-hybridized carbons (Fsp3) is 0.273. The third-order valence-electron chi connectivity index (χ3n) is 1.92. The highest BCUT2D eigenvalue weighted by atomic mass is 16.7. The molecular weight excluding hydrogens is 212 g/mol. The van der Waals surface area contributed by atoms with Gasteiger partial charge in [0.15, 0.2) is 0 Å². The second kappa shape index (κ2) is 5.75. The third-order valence-corrected chi connectivity index (χ3v) is 1.92. The Morgan fingerprint density at radius 1 is 1.25 bits per heavy atom. The smallest absolute Gasteiger partial charge is 0.481 e. The highest BCUT2D eigenvalue weighted by Gasteiger charge is 2.03. The van der Waals surface area contributed by atoms with E-state index in [1.54, 1.807) is 24.3 Å². The van der Waals surface area contributed by atoms with E-state index in [0.29, 0.717) is 12.2 Å². The van der Waals surface area contributed by atoms with E-state index in [4.69, 9.17) is 9.84 Å². The van der Waals surface area contributed by atoms with Crippen LogP contribution in [0.5, 0.6) is 5.75 Å². The summed E-state index contributed by atoms with van der Waals surface area (Å²) in [6.45, 7) is 0. The Morgan fingerprint density at radius 3 is 2.38 bits per heavy atom. The van der Waals surface area contributed by atoms with Crippen LogP contribution in [0.15, 0.2) is 24.3 Å². The zero-order chi connectivity index (χ0) is 12.0. The molecule has 0 heterocycles. The van der Waals surface area contributed by atoms with Gasteiger partial charge in [-0.25, -0.2) is 4.79 Å². The number of aryl methyl sites for hydroxylation is 1. The molecule has 86 valence electrons. The van der Waals surface area contributed by atoms with Gasteiger partial charge in [-0.05, 0) is 24.1 Å². The maximum absolute atomic E-state index is 10.8. The number of aliphatic carboxylic acids is 1. The van der Waals surface area contributed by atoms with Crippen molar-refractivity contribution in [3.8, 4) is 5.75 Å². The molecule has 0 spiro atoms. The minimum absolute atomic E-state index is 0.0806. The number of hydrogen-bond acceptors (Lipinski definition) is 4. The van der Waals surface area contributed by atoms with E-state index >= 15 is 0 Å². The van der Waals surface area contributed by atoms with Crippen LogP contribution in [0, 0.1) is 0 Å². The van der Waals surface area contributed by atoms with Crippen LogP contribution in [0.3, 0.4) is 0 Å². The van der Waals surface area contributed by atoms with Crippen molar-refractivity contribution >= 4 is 12.1 Å². The maximum atomic E-state index is 10.8. The van der Waals surface area contributed by atoms with E-state index in [1.165, 1.54) is 7.11 Å². The fourth-order valence-corrected chi connectivity index (χ4v) is 1.11. The summed E-state index contributed by atoms with van der Waals surface area (Å²) >= 11 is 0. The van der Waals surface area contributed by atoms with Crippen LogP contribution in [0.4, 0.5) is 4.79 Å². The van der Waals surface area contributed by atoms with E-state index in [2.05, 4.69) is 4.74 Å². The molecule has 5 heteroatoms. The van der Waals surface area contributed by atoms with E-state index in [-0.39, 0.29) is 6.42 Å². The first-order chi connectivity index (χ1) is 7.61. The monoisotopic (exact) mass is 224 g/mol. The lowest BCUT2D eigenvalue weighted by Crippen LogP contribution is -2.07. The van der Waals surface area contributed by atoms with Gasteiger partial charge < -0.3 is 14.6 Å². The van der Waals surface area contributed by atoms with Crippen molar-refractivity contribution < 1.29 is 24.2 Å². The first kappa shape index (κ1) is 12.0. The molecule has 0 saturated heterocycles. The Kier molecular flexibility index (Phi) is 4.32. The van der Waals surface area contributed by atoms with Gasteiger partial charge in [0, 0.05) is 6.42 Å². The van der Waals surface area contributed by atoms with Crippen LogP contribution >= 0.6 is 0 Å². The topological polar surface area (TPSA) is 72.8 Å². The van der Waals surface area contributed by atoms with Crippen molar-refractivity contribution in [2.45, 2.75) is 12.8 Å². The van der Waals surface area contributed by atoms with Crippen LogP contribution in [-0.4, -0.2) is 24.3 Å². The average Bonchev–Trinajstić information content (AvgIpc) is 2.28. The highest BCUT2D eigenvalue weighted by molar-refractivity contribution is 5.67. The molecule has 0 unspecified atom stereocenters. The van der Waals surface area contributed by atoms with Gasteiger partial charge in [-0.3, -0.25) is 4.79 Å². The molecule has 16 heavy (non-hydrogen) atoms. The van der Waals surface area contributed by atoms with Gasteiger partial charge in [-0.15, -0.1) is 0 Å². The number of carboxylic acid groups (broad SMARTS) is 1. The van der Waals surface area contributed by atoms with Gasteiger partial charge in [0.05, 0.1) is 7.11 Å². The molecule has 1 aromatic carbocycles. The first-order valence-corrected chi connectivity index (χ1v) is 4.68. The van der Waals surface area contributed by atoms with Gasteiger partial charge in [-0.2, -0.15) is 0 Å². The summed E-state index contributed by atoms with van der Waals surface area (Å²) in [5, 5.41) is 8.49. The predicted molar refractivity (Wildman–Crippen MR) is 55.4 cm³/mol. The Bertz CT molecular complexity index is 368.